The second-order valence-corrected chi connectivity index (χ2v) is 7.82. The summed E-state index contributed by atoms with van der Waals surface area (Å²) in [4.78, 5) is 21.2. The number of benzene rings is 1. The van der Waals surface area contributed by atoms with Gasteiger partial charge in [0.15, 0.2) is 5.69 Å². The molecule has 8 nitrogen and oxygen atoms in total. The number of halogens is 3. The summed E-state index contributed by atoms with van der Waals surface area (Å²) in [6.07, 6.45) is -0.766. The molecule has 0 atom stereocenters. The topological polar surface area (TPSA) is 113 Å². The molecule has 0 aliphatic carbocycles. The molecular weight excluding hydrogens is 473 g/mol. The van der Waals surface area contributed by atoms with Gasteiger partial charge in [0.1, 0.15) is 5.82 Å². The summed E-state index contributed by atoms with van der Waals surface area (Å²) < 4.78 is 38.9. The summed E-state index contributed by atoms with van der Waals surface area (Å²) in [6.45, 7) is 2.25. The van der Waals surface area contributed by atoms with Crippen LogP contribution < -0.4 is 10.6 Å². The second kappa shape index (κ2) is 10.5. The summed E-state index contributed by atoms with van der Waals surface area (Å²) in [6, 6.07) is 13.2. The minimum absolute atomic E-state index is 0.0217. The Kier molecular flexibility index (Phi) is 7.20. The van der Waals surface area contributed by atoms with E-state index < -0.39 is 23.3 Å². The van der Waals surface area contributed by atoms with Crippen LogP contribution >= 0.6 is 0 Å². The summed E-state index contributed by atoms with van der Waals surface area (Å²) in [5.74, 6) is -0.203. The van der Waals surface area contributed by atoms with Gasteiger partial charge >= 0.3 is 6.18 Å². The van der Waals surface area contributed by atoms with Crippen LogP contribution in [0.3, 0.4) is 0 Å². The molecule has 1 aromatic carbocycles. The van der Waals surface area contributed by atoms with Gasteiger partial charge in [-0.3, -0.25) is 9.78 Å². The van der Waals surface area contributed by atoms with Crippen molar-refractivity contribution in [3.63, 3.8) is 0 Å². The smallest absolute Gasteiger partial charge is 0.395 e. The van der Waals surface area contributed by atoms with Gasteiger partial charge in [-0.25, -0.2) is 4.98 Å². The Morgan fingerprint density at radius 1 is 1.00 bits per heavy atom. The number of carbonyl (C=O) groups excluding carboxylic acids is 1. The molecule has 0 unspecified atom stereocenters. The Balaban J connectivity index is 1.60. The number of amides is 1. The van der Waals surface area contributed by atoms with Gasteiger partial charge in [-0.1, -0.05) is 6.07 Å². The van der Waals surface area contributed by atoms with E-state index in [1.165, 1.54) is 0 Å². The standard InChI is InChI=1S/C25H21F3N6O2/c1-15-2-3-19(33-24(36)22-12-18(14-32-34-22)25(26,27)28)13-20(15)16-4-6-29-21(10-16)17-5-7-30-23(11-17)31-8-9-35/h2-7,10-14,35H,8-9H2,1H3,(H,30,31)(H,33,36). The minimum Gasteiger partial charge on any atom is -0.395 e. The predicted molar refractivity (Wildman–Crippen MR) is 128 cm³/mol. The Labute approximate surface area is 204 Å². The van der Waals surface area contributed by atoms with Crippen LogP contribution in [0.1, 0.15) is 21.6 Å². The number of nitrogens with one attached hydrogen (secondary N) is 2. The van der Waals surface area contributed by atoms with Crippen LogP contribution in [0.4, 0.5) is 24.7 Å². The molecule has 184 valence electrons. The lowest BCUT2D eigenvalue weighted by Crippen LogP contribution is -2.16. The fourth-order valence-electron chi connectivity index (χ4n) is 3.47. The number of aliphatic hydroxyl groups excluding tert-OH is 1. The molecule has 0 aliphatic heterocycles. The highest BCUT2D eigenvalue weighted by atomic mass is 19.4. The Bertz CT molecular complexity index is 1390. The molecule has 0 aliphatic rings. The van der Waals surface area contributed by atoms with Gasteiger partial charge < -0.3 is 15.7 Å². The van der Waals surface area contributed by atoms with Crippen molar-refractivity contribution in [2.24, 2.45) is 0 Å². The monoisotopic (exact) mass is 494 g/mol. The number of carbonyl (C=O) groups is 1. The van der Waals surface area contributed by atoms with E-state index in [-0.39, 0.29) is 6.61 Å². The van der Waals surface area contributed by atoms with Gasteiger partial charge in [0, 0.05) is 30.2 Å². The van der Waals surface area contributed by atoms with Crippen LogP contribution in [-0.4, -0.2) is 44.3 Å². The molecule has 11 heteroatoms. The number of anilines is 2. The molecule has 0 saturated carbocycles. The fraction of sp³-hybridized carbons (Fsp3) is 0.160. The van der Waals surface area contributed by atoms with Gasteiger partial charge in [-0.05, 0) is 66.1 Å². The third-order valence-electron chi connectivity index (χ3n) is 5.25. The molecule has 0 spiro atoms. The Hall–Kier alpha value is -4.38. The van der Waals surface area contributed by atoms with E-state index in [9.17, 15) is 18.0 Å². The summed E-state index contributed by atoms with van der Waals surface area (Å²) in [5.41, 5.74) is 2.95. The van der Waals surface area contributed by atoms with Crippen molar-refractivity contribution in [2.45, 2.75) is 13.1 Å². The van der Waals surface area contributed by atoms with E-state index in [1.807, 2.05) is 31.2 Å². The lowest BCUT2D eigenvalue weighted by Gasteiger charge is -2.12. The van der Waals surface area contributed by atoms with Gasteiger partial charge in [0.05, 0.1) is 24.1 Å². The van der Waals surface area contributed by atoms with Crippen LogP contribution in [0.15, 0.2) is 67.1 Å². The molecule has 3 heterocycles. The largest absolute Gasteiger partial charge is 0.418 e. The molecule has 4 rings (SSSR count). The number of hydrogen-bond donors (Lipinski definition) is 3. The van der Waals surface area contributed by atoms with Crippen molar-refractivity contribution in [2.75, 3.05) is 23.8 Å². The molecule has 4 aromatic rings. The molecule has 1 amide bonds. The zero-order valence-electron chi connectivity index (χ0n) is 19.0. The Morgan fingerprint density at radius 3 is 2.56 bits per heavy atom. The van der Waals surface area contributed by atoms with Gasteiger partial charge in [0.25, 0.3) is 5.91 Å². The lowest BCUT2D eigenvalue weighted by molar-refractivity contribution is -0.137. The number of aryl methyl sites for hydroxylation is 1. The number of hydrogen-bond acceptors (Lipinski definition) is 7. The van der Waals surface area contributed by atoms with Crippen molar-refractivity contribution in [1.82, 2.24) is 20.2 Å². The van der Waals surface area contributed by atoms with Crippen molar-refractivity contribution >= 4 is 17.4 Å². The maximum Gasteiger partial charge on any atom is 0.418 e. The highest BCUT2D eigenvalue weighted by molar-refractivity contribution is 6.03. The second-order valence-electron chi connectivity index (χ2n) is 7.82. The maximum absolute atomic E-state index is 13.0. The van der Waals surface area contributed by atoms with E-state index in [2.05, 4.69) is 30.8 Å². The van der Waals surface area contributed by atoms with E-state index >= 15 is 0 Å². The molecule has 0 saturated heterocycles. The summed E-state index contributed by atoms with van der Waals surface area (Å²) in [7, 11) is 0. The highest BCUT2D eigenvalue weighted by Crippen LogP contribution is 2.31. The molecule has 0 fully saturated rings. The normalized spacial score (nSPS) is 11.2. The number of aromatic nitrogens is 4. The molecule has 3 N–H and O–H groups in total. The summed E-state index contributed by atoms with van der Waals surface area (Å²) in [5, 5.41) is 21.4. The lowest BCUT2D eigenvalue weighted by atomic mass is 9.99. The SMILES string of the molecule is Cc1ccc(NC(=O)c2cc(C(F)(F)F)cnn2)cc1-c1ccnc(-c2ccnc(NCCO)c2)c1. The first-order valence-electron chi connectivity index (χ1n) is 10.8. The third kappa shape index (κ3) is 5.81. The van der Waals surface area contributed by atoms with Crippen molar-refractivity contribution in [1.29, 1.82) is 0 Å². The van der Waals surface area contributed by atoms with E-state index in [0.717, 1.165) is 22.3 Å². The van der Waals surface area contributed by atoms with Crippen molar-refractivity contribution < 1.29 is 23.1 Å². The zero-order valence-corrected chi connectivity index (χ0v) is 19.0. The number of aliphatic hydroxyl groups is 1. The average Bonchev–Trinajstić information content (AvgIpc) is 2.88. The predicted octanol–water partition coefficient (Wildman–Crippen LogP) is 4.58. The number of nitrogens with zero attached hydrogens (tertiary/aromatic N) is 4. The third-order valence-corrected chi connectivity index (χ3v) is 5.25. The van der Waals surface area contributed by atoms with Crippen LogP contribution in [0, 0.1) is 6.92 Å². The van der Waals surface area contributed by atoms with Crippen LogP contribution in [0.2, 0.25) is 0 Å². The van der Waals surface area contributed by atoms with Crippen LogP contribution in [-0.2, 0) is 6.18 Å². The first-order valence-corrected chi connectivity index (χ1v) is 10.8. The van der Waals surface area contributed by atoms with Crippen molar-refractivity contribution in [3.8, 4) is 22.4 Å². The zero-order chi connectivity index (χ0) is 25.7. The van der Waals surface area contributed by atoms with Gasteiger partial charge in [-0.2, -0.15) is 18.3 Å². The minimum atomic E-state index is -4.63. The van der Waals surface area contributed by atoms with Gasteiger partial charge in [0.2, 0.25) is 0 Å². The van der Waals surface area contributed by atoms with E-state index in [1.54, 1.807) is 30.6 Å². The molecule has 0 radical (unpaired) electrons. The average molecular weight is 494 g/mol. The molecular formula is C25H21F3N6O2. The van der Waals surface area contributed by atoms with Crippen LogP contribution in [0.25, 0.3) is 22.4 Å². The van der Waals surface area contributed by atoms with Gasteiger partial charge in [-0.15, -0.1) is 5.10 Å². The quantitative estimate of drug-likeness (QED) is 0.345. The maximum atomic E-state index is 13.0. The highest BCUT2D eigenvalue weighted by Gasteiger charge is 2.32. The Morgan fingerprint density at radius 2 is 1.78 bits per heavy atom. The molecule has 0 bridgehead atoms. The number of pyridine rings is 2. The first kappa shape index (κ1) is 24.7. The number of alkyl halides is 3. The molecule has 36 heavy (non-hydrogen) atoms. The molecule has 3 aromatic heterocycles. The van der Waals surface area contributed by atoms with Crippen molar-refractivity contribution in [3.05, 3.63) is 83.9 Å². The summed E-state index contributed by atoms with van der Waals surface area (Å²) >= 11 is 0. The first-order chi connectivity index (χ1) is 17.2. The fourth-order valence-corrected chi connectivity index (χ4v) is 3.47. The van der Waals surface area contributed by atoms with E-state index in [0.29, 0.717) is 36.0 Å². The number of rotatable bonds is 7. The van der Waals surface area contributed by atoms with Crippen LogP contribution in [0.5, 0.6) is 0 Å². The van der Waals surface area contributed by atoms with E-state index in [4.69, 9.17) is 5.11 Å².